The van der Waals surface area contributed by atoms with E-state index in [-0.39, 0.29) is 5.91 Å². The highest BCUT2D eigenvalue weighted by atomic mass is 16.5. The maximum absolute atomic E-state index is 12.6. The van der Waals surface area contributed by atoms with Gasteiger partial charge >= 0.3 is 0 Å². The molecular formula is C16H16N2O2. The molecule has 0 aromatic heterocycles. The van der Waals surface area contributed by atoms with Crippen LogP contribution in [0.15, 0.2) is 54.6 Å². The second-order valence-corrected chi connectivity index (χ2v) is 4.69. The lowest BCUT2D eigenvalue weighted by atomic mass is 10.1. The molecule has 0 spiro atoms. The fourth-order valence-corrected chi connectivity index (χ4v) is 2.37. The third-order valence-corrected chi connectivity index (χ3v) is 3.42. The van der Waals surface area contributed by atoms with E-state index in [0.29, 0.717) is 13.2 Å². The van der Waals surface area contributed by atoms with Gasteiger partial charge in [0, 0.05) is 0 Å². The summed E-state index contributed by atoms with van der Waals surface area (Å²) in [6, 6.07) is 16.3. The van der Waals surface area contributed by atoms with Crippen LogP contribution < -0.4 is 15.4 Å². The molecule has 0 saturated carbocycles. The molecule has 0 unspecified atom stereocenters. The number of fused-ring (bicyclic) bond motifs is 1. The zero-order chi connectivity index (χ0) is 13.9. The summed E-state index contributed by atoms with van der Waals surface area (Å²) in [6.45, 7) is 1.01. The van der Waals surface area contributed by atoms with Crippen LogP contribution in [0.5, 0.6) is 5.75 Å². The maximum atomic E-state index is 12.6. The third kappa shape index (κ3) is 2.26. The summed E-state index contributed by atoms with van der Waals surface area (Å²) in [5.41, 5.74) is 7.70. The molecule has 0 radical (unpaired) electrons. The van der Waals surface area contributed by atoms with Gasteiger partial charge < -0.3 is 15.4 Å². The normalized spacial score (nSPS) is 15.2. The van der Waals surface area contributed by atoms with Crippen LogP contribution >= 0.6 is 0 Å². The molecule has 1 amide bonds. The Kier molecular flexibility index (Phi) is 3.39. The molecule has 2 aromatic carbocycles. The Balaban J connectivity index is 1.89. The Morgan fingerprint density at radius 3 is 2.60 bits per heavy atom. The van der Waals surface area contributed by atoms with E-state index in [1.807, 2.05) is 54.6 Å². The first kappa shape index (κ1) is 12.7. The number of hydrogen-bond acceptors (Lipinski definition) is 3. The first-order valence-corrected chi connectivity index (χ1v) is 6.61. The van der Waals surface area contributed by atoms with E-state index in [4.69, 9.17) is 10.5 Å². The number of rotatable bonds is 2. The number of nitrogens with two attached hydrogens (primary N) is 1. The number of hydrogen-bond donors (Lipinski definition) is 1. The minimum absolute atomic E-state index is 0.105. The standard InChI is InChI=1S/C16H16N2O2/c17-15(12-6-2-1-3-7-12)16(19)18-10-11-20-14-9-5-4-8-13(14)18/h1-9,15H,10-11,17H2/t15-/m0/s1. The van der Waals surface area contributed by atoms with Crippen LogP contribution in [0.25, 0.3) is 0 Å². The lowest BCUT2D eigenvalue weighted by Crippen LogP contribution is -2.43. The number of benzene rings is 2. The van der Waals surface area contributed by atoms with Gasteiger partial charge in [0.05, 0.1) is 12.2 Å². The first-order valence-electron chi connectivity index (χ1n) is 6.61. The second-order valence-electron chi connectivity index (χ2n) is 4.69. The molecule has 3 rings (SSSR count). The van der Waals surface area contributed by atoms with E-state index in [0.717, 1.165) is 17.0 Å². The molecule has 0 aliphatic carbocycles. The van der Waals surface area contributed by atoms with Gasteiger partial charge in [-0.25, -0.2) is 0 Å². The molecule has 2 aromatic rings. The average molecular weight is 268 g/mol. The SMILES string of the molecule is N[C@H](C(=O)N1CCOc2ccccc21)c1ccccc1. The average Bonchev–Trinajstić information content (AvgIpc) is 2.54. The number of carbonyl (C=O) groups is 1. The number of ether oxygens (including phenoxy) is 1. The molecule has 1 aliphatic heterocycles. The van der Waals surface area contributed by atoms with Gasteiger partial charge in [-0.15, -0.1) is 0 Å². The lowest BCUT2D eigenvalue weighted by Gasteiger charge is -2.31. The number of para-hydroxylation sites is 2. The lowest BCUT2D eigenvalue weighted by molar-refractivity contribution is -0.120. The van der Waals surface area contributed by atoms with Gasteiger partial charge in [0.2, 0.25) is 5.91 Å². The Bertz CT molecular complexity index is 613. The van der Waals surface area contributed by atoms with Crippen LogP contribution in [-0.4, -0.2) is 19.1 Å². The van der Waals surface area contributed by atoms with Crippen LogP contribution in [0.4, 0.5) is 5.69 Å². The van der Waals surface area contributed by atoms with Gasteiger partial charge in [-0.05, 0) is 17.7 Å². The zero-order valence-corrected chi connectivity index (χ0v) is 11.0. The van der Waals surface area contributed by atoms with Crippen molar-refractivity contribution in [3.63, 3.8) is 0 Å². The monoisotopic (exact) mass is 268 g/mol. The molecule has 0 bridgehead atoms. The van der Waals surface area contributed by atoms with Gasteiger partial charge in [0.15, 0.2) is 0 Å². The minimum Gasteiger partial charge on any atom is -0.490 e. The molecule has 0 saturated heterocycles. The summed E-state index contributed by atoms with van der Waals surface area (Å²) in [6.07, 6.45) is 0. The van der Waals surface area contributed by atoms with Crippen molar-refractivity contribution < 1.29 is 9.53 Å². The van der Waals surface area contributed by atoms with E-state index >= 15 is 0 Å². The summed E-state index contributed by atoms with van der Waals surface area (Å²) in [7, 11) is 0. The Morgan fingerprint density at radius 1 is 1.10 bits per heavy atom. The summed E-state index contributed by atoms with van der Waals surface area (Å²) < 4.78 is 5.55. The molecule has 20 heavy (non-hydrogen) atoms. The fraction of sp³-hybridized carbons (Fsp3) is 0.188. The predicted molar refractivity (Wildman–Crippen MR) is 77.7 cm³/mol. The van der Waals surface area contributed by atoms with Gasteiger partial charge in [-0.2, -0.15) is 0 Å². The first-order chi connectivity index (χ1) is 9.77. The Hall–Kier alpha value is -2.33. The highest BCUT2D eigenvalue weighted by molar-refractivity contribution is 5.99. The van der Waals surface area contributed by atoms with Crippen molar-refractivity contribution in [3.8, 4) is 5.75 Å². The number of nitrogens with zero attached hydrogens (tertiary/aromatic N) is 1. The highest BCUT2D eigenvalue weighted by Crippen LogP contribution is 2.32. The summed E-state index contributed by atoms with van der Waals surface area (Å²) >= 11 is 0. The van der Waals surface area contributed by atoms with Crippen molar-refractivity contribution in [2.45, 2.75) is 6.04 Å². The number of carbonyl (C=O) groups excluding carboxylic acids is 1. The van der Waals surface area contributed by atoms with Crippen molar-refractivity contribution in [1.29, 1.82) is 0 Å². The largest absolute Gasteiger partial charge is 0.490 e. The Labute approximate surface area is 117 Å². The third-order valence-electron chi connectivity index (χ3n) is 3.42. The van der Waals surface area contributed by atoms with Crippen LogP contribution in [0.2, 0.25) is 0 Å². The van der Waals surface area contributed by atoms with Gasteiger partial charge in [-0.1, -0.05) is 42.5 Å². The van der Waals surface area contributed by atoms with Crippen LogP contribution in [-0.2, 0) is 4.79 Å². The van der Waals surface area contributed by atoms with Crippen LogP contribution in [0, 0.1) is 0 Å². The quantitative estimate of drug-likeness (QED) is 0.907. The second kappa shape index (κ2) is 5.35. The van der Waals surface area contributed by atoms with Crippen LogP contribution in [0.1, 0.15) is 11.6 Å². The van der Waals surface area contributed by atoms with E-state index in [1.165, 1.54) is 0 Å². The van der Waals surface area contributed by atoms with Crippen LogP contribution in [0.3, 0.4) is 0 Å². The molecule has 1 aliphatic rings. The fourth-order valence-electron chi connectivity index (χ4n) is 2.37. The van der Waals surface area contributed by atoms with E-state index in [2.05, 4.69) is 0 Å². The summed E-state index contributed by atoms with van der Waals surface area (Å²) in [5.74, 6) is 0.624. The summed E-state index contributed by atoms with van der Waals surface area (Å²) in [5, 5.41) is 0. The predicted octanol–water partition coefficient (Wildman–Crippen LogP) is 2.11. The molecule has 2 N–H and O–H groups in total. The molecule has 4 heteroatoms. The molecule has 1 atom stereocenters. The van der Waals surface area contributed by atoms with Crippen molar-refractivity contribution in [3.05, 3.63) is 60.2 Å². The number of anilines is 1. The molecule has 4 nitrogen and oxygen atoms in total. The van der Waals surface area contributed by atoms with Crippen molar-refractivity contribution in [2.75, 3.05) is 18.1 Å². The molecule has 102 valence electrons. The highest BCUT2D eigenvalue weighted by Gasteiger charge is 2.27. The van der Waals surface area contributed by atoms with Gasteiger partial charge in [-0.3, -0.25) is 4.79 Å². The minimum atomic E-state index is -0.651. The molecular weight excluding hydrogens is 252 g/mol. The molecule has 1 heterocycles. The maximum Gasteiger partial charge on any atom is 0.248 e. The van der Waals surface area contributed by atoms with Crippen molar-refractivity contribution in [2.24, 2.45) is 5.73 Å². The van der Waals surface area contributed by atoms with Crippen molar-refractivity contribution in [1.82, 2.24) is 0 Å². The zero-order valence-electron chi connectivity index (χ0n) is 11.0. The topological polar surface area (TPSA) is 55.6 Å². The Morgan fingerprint density at radius 2 is 1.80 bits per heavy atom. The van der Waals surface area contributed by atoms with Gasteiger partial charge in [0.25, 0.3) is 0 Å². The smallest absolute Gasteiger partial charge is 0.248 e. The van der Waals surface area contributed by atoms with E-state index in [1.54, 1.807) is 4.90 Å². The van der Waals surface area contributed by atoms with E-state index < -0.39 is 6.04 Å². The van der Waals surface area contributed by atoms with E-state index in [9.17, 15) is 4.79 Å². The number of amides is 1. The summed E-state index contributed by atoms with van der Waals surface area (Å²) in [4.78, 5) is 14.3. The van der Waals surface area contributed by atoms with Gasteiger partial charge in [0.1, 0.15) is 18.4 Å². The van der Waals surface area contributed by atoms with Crippen molar-refractivity contribution >= 4 is 11.6 Å². The molecule has 0 fully saturated rings.